The van der Waals surface area contributed by atoms with Gasteiger partial charge in [-0.1, -0.05) is 60.7 Å². The van der Waals surface area contributed by atoms with Crippen LogP contribution >= 0.6 is 0 Å². The van der Waals surface area contributed by atoms with Crippen LogP contribution in [0.4, 0.5) is 0 Å². The van der Waals surface area contributed by atoms with Gasteiger partial charge in [-0.2, -0.15) is 0 Å². The lowest BCUT2D eigenvalue weighted by atomic mass is 9.68. The van der Waals surface area contributed by atoms with Gasteiger partial charge < -0.3 is 29.9 Å². The second-order valence-corrected chi connectivity index (χ2v) is 7.04. The molecule has 0 aromatic heterocycles. The molecule has 0 saturated carbocycles. The Kier molecular flexibility index (Phi) is 5.95. The van der Waals surface area contributed by atoms with Gasteiger partial charge >= 0.3 is 0 Å². The van der Waals surface area contributed by atoms with Crippen molar-refractivity contribution in [2.24, 2.45) is 0 Å². The summed E-state index contributed by atoms with van der Waals surface area (Å²) >= 11 is 0. The van der Waals surface area contributed by atoms with Crippen molar-refractivity contribution in [2.45, 2.75) is 42.5 Å². The van der Waals surface area contributed by atoms with Gasteiger partial charge in [0.25, 0.3) is 0 Å². The Balaban J connectivity index is 2.05. The van der Waals surface area contributed by atoms with E-state index in [9.17, 15) is 20.4 Å². The maximum atomic E-state index is 11.6. The highest BCUT2D eigenvalue weighted by atomic mass is 16.7. The number of hydrogen-bond acceptors (Lipinski definition) is 6. The lowest BCUT2D eigenvalue weighted by Crippen LogP contribution is -2.76. The first kappa shape index (κ1) is 19.9. The first-order valence-electron chi connectivity index (χ1n) is 8.94. The fourth-order valence-electron chi connectivity index (χ4n) is 3.81. The van der Waals surface area contributed by atoms with Crippen LogP contribution in [0.2, 0.25) is 0 Å². The van der Waals surface area contributed by atoms with E-state index in [0.717, 1.165) is 11.1 Å². The van der Waals surface area contributed by atoms with Crippen molar-refractivity contribution in [3.63, 3.8) is 0 Å². The number of aliphatic hydroxyl groups excluding tert-OH is 2. The van der Waals surface area contributed by atoms with E-state index in [1.54, 1.807) is 12.1 Å². The van der Waals surface area contributed by atoms with Gasteiger partial charge in [0.05, 0.1) is 6.61 Å². The highest BCUT2D eigenvalue weighted by Crippen LogP contribution is 2.42. The van der Waals surface area contributed by atoms with E-state index in [1.807, 2.05) is 48.5 Å². The molecule has 5 atom stereocenters. The maximum absolute atomic E-state index is 11.6. The van der Waals surface area contributed by atoms with Crippen LogP contribution in [0, 0.1) is 0 Å². The number of benzene rings is 2. The highest BCUT2D eigenvalue weighted by molar-refractivity contribution is 5.26. The minimum absolute atomic E-state index is 0.00485. The van der Waals surface area contributed by atoms with E-state index >= 15 is 0 Å². The maximum Gasteiger partial charge on any atom is 0.189 e. The zero-order valence-electron chi connectivity index (χ0n) is 15.2. The van der Waals surface area contributed by atoms with Crippen molar-refractivity contribution in [1.82, 2.24) is 0 Å². The number of ether oxygens (including phenoxy) is 2. The van der Waals surface area contributed by atoms with Crippen molar-refractivity contribution < 1.29 is 29.9 Å². The van der Waals surface area contributed by atoms with E-state index in [0.29, 0.717) is 0 Å². The van der Waals surface area contributed by atoms with Gasteiger partial charge in [0.2, 0.25) is 0 Å². The zero-order valence-corrected chi connectivity index (χ0v) is 15.2. The second kappa shape index (κ2) is 8.06. The van der Waals surface area contributed by atoms with E-state index in [-0.39, 0.29) is 12.8 Å². The molecule has 1 aliphatic rings. The fraction of sp³-hybridized carbons (Fsp3) is 0.429. The van der Waals surface area contributed by atoms with Crippen LogP contribution in [0.15, 0.2) is 60.7 Å². The normalized spacial score (nSPS) is 33.7. The number of hydrogen-bond donors (Lipinski definition) is 4. The molecular weight excluding hydrogens is 348 g/mol. The Labute approximate surface area is 158 Å². The molecule has 1 aliphatic heterocycles. The Morgan fingerprint density at radius 3 is 1.81 bits per heavy atom. The molecule has 146 valence electrons. The van der Waals surface area contributed by atoms with E-state index in [2.05, 4.69) is 0 Å². The van der Waals surface area contributed by atoms with Gasteiger partial charge in [0.1, 0.15) is 17.8 Å². The monoisotopic (exact) mass is 374 g/mol. The summed E-state index contributed by atoms with van der Waals surface area (Å²) in [5.41, 5.74) is -2.45. The highest BCUT2D eigenvalue weighted by Gasteiger charge is 2.64. The molecule has 0 bridgehead atoms. The average Bonchev–Trinajstić information content (AvgIpc) is 2.69. The molecule has 6 heteroatoms. The lowest BCUT2D eigenvalue weighted by Gasteiger charge is -2.55. The smallest absolute Gasteiger partial charge is 0.189 e. The van der Waals surface area contributed by atoms with Crippen LogP contribution in [-0.4, -0.2) is 63.8 Å². The molecule has 4 N–H and O–H groups in total. The molecule has 1 saturated heterocycles. The first-order valence-corrected chi connectivity index (χ1v) is 8.94. The minimum atomic E-state index is -2.00. The Morgan fingerprint density at radius 1 is 0.889 bits per heavy atom. The number of aliphatic hydroxyl groups is 4. The molecule has 2 aromatic carbocycles. The Morgan fingerprint density at radius 2 is 1.37 bits per heavy atom. The van der Waals surface area contributed by atoms with Gasteiger partial charge in [0.15, 0.2) is 11.9 Å². The third-order valence-electron chi connectivity index (χ3n) is 5.31. The first-order chi connectivity index (χ1) is 12.9. The van der Waals surface area contributed by atoms with E-state index in [1.165, 1.54) is 7.11 Å². The third-order valence-corrected chi connectivity index (χ3v) is 5.31. The topological polar surface area (TPSA) is 99.4 Å². The molecule has 1 unspecified atom stereocenters. The summed E-state index contributed by atoms with van der Waals surface area (Å²) in [6, 6.07) is 18.2. The SMILES string of the molecule is COC1O[C@H](CO)[C@H](O)[C@@](O)(Cc2ccccc2)[C@]1(O)Cc1ccccc1. The average molecular weight is 374 g/mol. The zero-order chi connectivity index (χ0) is 19.5. The summed E-state index contributed by atoms with van der Waals surface area (Å²) in [5.74, 6) is 0. The van der Waals surface area contributed by atoms with Gasteiger partial charge in [-0.25, -0.2) is 0 Å². The number of rotatable bonds is 6. The molecule has 0 spiro atoms. The summed E-state index contributed by atoms with van der Waals surface area (Å²) in [5, 5.41) is 43.6. The van der Waals surface area contributed by atoms with Crippen molar-refractivity contribution in [2.75, 3.05) is 13.7 Å². The second-order valence-electron chi connectivity index (χ2n) is 7.04. The molecule has 1 fully saturated rings. The molecule has 6 nitrogen and oxygen atoms in total. The third kappa shape index (κ3) is 3.65. The van der Waals surface area contributed by atoms with Crippen molar-refractivity contribution in [1.29, 1.82) is 0 Å². The van der Waals surface area contributed by atoms with Crippen molar-refractivity contribution >= 4 is 0 Å². The van der Waals surface area contributed by atoms with Crippen molar-refractivity contribution in [3.05, 3.63) is 71.8 Å². The standard InChI is InChI=1S/C21H26O6/c1-26-19-21(25,13-16-10-6-3-7-11-16)20(24,18(23)17(14-22)27-19)12-15-8-4-2-5-9-15/h2-11,17-19,22-25H,12-14H2,1H3/t17-,18+,19?,20+,21+/m1/s1. The molecule has 2 aromatic rings. The van der Waals surface area contributed by atoms with Crippen molar-refractivity contribution in [3.8, 4) is 0 Å². The predicted molar refractivity (Wildman–Crippen MR) is 99.0 cm³/mol. The fourth-order valence-corrected chi connectivity index (χ4v) is 3.81. The summed E-state index contributed by atoms with van der Waals surface area (Å²) in [4.78, 5) is 0. The van der Waals surface area contributed by atoms with E-state index in [4.69, 9.17) is 9.47 Å². The molecular formula is C21H26O6. The molecule has 0 radical (unpaired) electrons. The van der Waals surface area contributed by atoms with Crippen LogP contribution < -0.4 is 0 Å². The van der Waals surface area contributed by atoms with E-state index < -0.39 is 36.3 Å². The molecule has 3 rings (SSSR count). The van der Waals surface area contributed by atoms with Gasteiger partial charge in [-0.05, 0) is 11.1 Å². The molecule has 1 heterocycles. The Bertz CT molecular complexity index is 724. The Hall–Kier alpha value is -1.80. The summed E-state index contributed by atoms with van der Waals surface area (Å²) < 4.78 is 10.9. The van der Waals surface area contributed by atoms with Crippen LogP contribution in [0.1, 0.15) is 11.1 Å². The summed E-state index contributed by atoms with van der Waals surface area (Å²) in [7, 11) is 1.36. The minimum Gasteiger partial charge on any atom is -0.394 e. The van der Waals surface area contributed by atoms with Crippen LogP contribution in [-0.2, 0) is 22.3 Å². The summed E-state index contributed by atoms with van der Waals surface area (Å²) in [6.07, 6.45) is -3.85. The van der Waals surface area contributed by atoms with Gasteiger partial charge in [-0.15, -0.1) is 0 Å². The predicted octanol–water partition coefficient (Wildman–Crippen LogP) is 0.658. The lowest BCUT2D eigenvalue weighted by molar-refractivity contribution is -0.369. The van der Waals surface area contributed by atoms with Crippen LogP contribution in [0.3, 0.4) is 0 Å². The summed E-state index contributed by atoms with van der Waals surface area (Å²) in [6.45, 7) is -0.514. The largest absolute Gasteiger partial charge is 0.394 e. The molecule has 0 aliphatic carbocycles. The van der Waals surface area contributed by atoms with Gasteiger partial charge in [-0.3, -0.25) is 0 Å². The van der Waals surface area contributed by atoms with Gasteiger partial charge in [0, 0.05) is 20.0 Å². The quantitative estimate of drug-likeness (QED) is 0.593. The molecule has 0 amide bonds. The van der Waals surface area contributed by atoms with Crippen LogP contribution in [0.5, 0.6) is 0 Å². The molecule has 27 heavy (non-hydrogen) atoms. The number of methoxy groups -OCH3 is 1. The van der Waals surface area contributed by atoms with Crippen LogP contribution in [0.25, 0.3) is 0 Å².